The number of piperidine rings is 1. The molecule has 8 nitrogen and oxygen atoms in total. The molecule has 2 aromatic heterocycles. The van der Waals surface area contributed by atoms with Crippen molar-refractivity contribution in [1.29, 1.82) is 0 Å². The van der Waals surface area contributed by atoms with Crippen LogP contribution >= 0.6 is 0 Å². The van der Waals surface area contributed by atoms with Gasteiger partial charge in [-0.3, -0.25) is 19.1 Å². The minimum absolute atomic E-state index is 0.0821. The Morgan fingerprint density at radius 3 is 2.37 bits per heavy atom. The van der Waals surface area contributed by atoms with Crippen LogP contribution in [0.2, 0.25) is 0 Å². The standard InChI is InChI=1S/C19H27N5O3/c1-19(2,3)14-5-6-16(25)24(21-14)12-13-7-9-23(10-8-13)15-11-17(26)22(4)18(27)20-15/h5-6,11,13H,7-10,12H2,1-4H3,(H,20,27). The van der Waals surface area contributed by atoms with Crippen LogP contribution in [0.25, 0.3) is 0 Å². The van der Waals surface area contributed by atoms with E-state index in [9.17, 15) is 14.4 Å². The molecule has 0 radical (unpaired) electrons. The first-order valence-corrected chi connectivity index (χ1v) is 9.29. The van der Waals surface area contributed by atoms with Crippen LogP contribution in [0.3, 0.4) is 0 Å². The molecule has 0 saturated carbocycles. The van der Waals surface area contributed by atoms with E-state index in [-0.39, 0.29) is 16.5 Å². The van der Waals surface area contributed by atoms with E-state index in [1.807, 2.05) is 4.90 Å². The fourth-order valence-electron chi connectivity index (χ4n) is 3.29. The van der Waals surface area contributed by atoms with Crippen LogP contribution in [0.4, 0.5) is 5.82 Å². The summed E-state index contributed by atoms with van der Waals surface area (Å²) in [5.41, 5.74) is -0.0111. The van der Waals surface area contributed by atoms with Crippen molar-refractivity contribution in [1.82, 2.24) is 19.3 Å². The lowest BCUT2D eigenvalue weighted by Gasteiger charge is -2.33. The topological polar surface area (TPSA) is 93.0 Å². The molecule has 8 heteroatoms. The second kappa shape index (κ2) is 7.17. The van der Waals surface area contributed by atoms with Gasteiger partial charge in [0.05, 0.1) is 5.69 Å². The average Bonchev–Trinajstić information content (AvgIpc) is 2.61. The monoisotopic (exact) mass is 373 g/mol. The van der Waals surface area contributed by atoms with Gasteiger partial charge in [0.15, 0.2) is 0 Å². The summed E-state index contributed by atoms with van der Waals surface area (Å²) in [5.74, 6) is 0.895. The van der Waals surface area contributed by atoms with E-state index in [4.69, 9.17) is 0 Å². The van der Waals surface area contributed by atoms with Crippen LogP contribution in [0.15, 0.2) is 32.6 Å². The molecule has 3 rings (SSSR count). The van der Waals surface area contributed by atoms with Gasteiger partial charge in [0.2, 0.25) is 0 Å². The van der Waals surface area contributed by atoms with E-state index in [1.54, 1.807) is 16.8 Å². The zero-order valence-corrected chi connectivity index (χ0v) is 16.4. The molecular formula is C19H27N5O3. The number of aromatic amines is 1. The molecular weight excluding hydrogens is 346 g/mol. The Balaban J connectivity index is 1.69. The maximum Gasteiger partial charge on any atom is 0.329 e. The smallest absolute Gasteiger partial charge is 0.329 e. The molecule has 0 aromatic carbocycles. The highest BCUT2D eigenvalue weighted by Gasteiger charge is 2.23. The highest BCUT2D eigenvalue weighted by atomic mass is 16.2. The van der Waals surface area contributed by atoms with Gasteiger partial charge in [-0.2, -0.15) is 5.10 Å². The number of H-pyrrole nitrogens is 1. The zero-order chi connectivity index (χ0) is 19.8. The number of nitrogens with zero attached hydrogens (tertiary/aromatic N) is 4. The maximum atomic E-state index is 12.2. The molecule has 0 spiro atoms. The van der Waals surface area contributed by atoms with Gasteiger partial charge in [0, 0.05) is 44.2 Å². The Kier molecular flexibility index (Phi) is 5.08. The molecule has 0 unspecified atom stereocenters. The molecule has 1 fully saturated rings. The Bertz CT molecular complexity index is 957. The molecule has 27 heavy (non-hydrogen) atoms. The lowest BCUT2D eigenvalue weighted by Crippen LogP contribution is -2.40. The van der Waals surface area contributed by atoms with Crippen LogP contribution in [0.5, 0.6) is 0 Å². The molecule has 3 heterocycles. The molecule has 1 aliphatic rings. The van der Waals surface area contributed by atoms with Gasteiger partial charge in [-0.15, -0.1) is 0 Å². The van der Waals surface area contributed by atoms with Crippen molar-refractivity contribution in [3.8, 4) is 0 Å². The van der Waals surface area contributed by atoms with Crippen molar-refractivity contribution >= 4 is 5.82 Å². The highest BCUT2D eigenvalue weighted by molar-refractivity contribution is 5.37. The second-order valence-electron chi connectivity index (χ2n) is 8.28. The van der Waals surface area contributed by atoms with Gasteiger partial charge >= 0.3 is 5.69 Å². The predicted octanol–water partition coefficient (Wildman–Crippen LogP) is 0.844. The molecule has 0 amide bonds. The summed E-state index contributed by atoms with van der Waals surface area (Å²) < 4.78 is 2.62. The minimum atomic E-state index is -0.408. The van der Waals surface area contributed by atoms with Crippen molar-refractivity contribution in [2.24, 2.45) is 13.0 Å². The summed E-state index contributed by atoms with van der Waals surface area (Å²) in [5, 5.41) is 4.55. The van der Waals surface area contributed by atoms with Crippen molar-refractivity contribution in [2.75, 3.05) is 18.0 Å². The summed E-state index contributed by atoms with van der Waals surface area (Å²) >= 11 is 0. The highest BCUT2D eigenvalue weighted by Crippen LogP contribution is 2.22. The number of aromatic nitrogens is 4. The molecule has 0 atom stereocenters. The number of rotatable bonds is 3. The van der Waals surface area contributed by atoms with Crippen molar-refractivity contribution < 1.29 is 0 Å². The largest absolute Gasteiger partial charge is 0.358 e. The molecule has 1 N–H and O–H groups in total. The average molecular weight is 373 g/mol. The minimum Gasteiger partial charge on any atom is -0.358 e. The Labute approximate surface area is 157 Å². The fourth-order valence-corrected chi connectivity index (χ4v) is 3.29. The summed E-state index contributed by atoms with van der Waals surface area (Å²) in [6, 6.07) is 4.85. The van der Waals surface area contributed by atoms with Crippen LogP contribution < -0.4 is 21.7 Å². The third-order valence-electron chi connectivity index (χ3n) is 5.15. The van der Waals surface area contributed by atoms with Gasteiger partial charge in [0.25, 0.3) is 11.1 Å². The Hall–Kier alpha value is -2.64. The van der Waals surface area contributed by atoms with Crippen LogP contribution in [0.1, 0.15) is 39.3 Å². The molecule has 0 bridgehead atoms. The number of anilines is 1. The van der Waals surface area contributed by atoms with Crippen molar-refractivity contribution in [3.05, 3.63) is 55.1 Å². The summed E-state index contributed by atoms with van der Waals surface area (Å²) in [4.78, 5) is 40.6. The Morgan fingerprint density at radius 2 is 1.78 bits per heavy atom. The van der Waals surface area contributed by atoms with Gasteiger partial charge < -0.3 is 4.90 Å². The summed E-state index contributed by atoms with van der Waals surface area (Å²) in [6.45, 7) is 8.27. The normalized spacial score (nSPS) is 15.9. The van der Waals surface area contributed by atoms with E-state index in [2.05, 4.69) is 30.9 Å². The summed E-state index contributed by atoms with van der Waals surface area (Å²) in [7, 11) is 1.45. The van der Waals surface area contributed by atoms with Gasteiger partial charge in [-0.25, -0.2) is 9.48 Å². The van der Waals surface area contributed by atoms with E-state index in [0.29, 0.717) is 18.3 Å². The Morgan fingerprint density at radius 1 is 1.11 bits per heavy atom. The molecule has 0 aliphatic carbocycles. The lowest BCUT2D eigenvalue weighted by molar-refractivity contribution is 0.329. The van der Waals surface area contributed by atoms with E-state index < -0.39 is 5.69 Å². The third-order valence-corrected chi connectivity index (χ3v) is 5.15. The first kappa shape index (κ1) is 19.1. The van der Waals surface area contributed by atoms with Crippen molar-refractivity contribution in [2.45, 2.75) is 45.6 Å². The van der Waals surface area contributed by atoms with E-state index in [0.717, 1.165) is 36.2 Å². The maximum absolute atomic E-state index is 12.2. The second-order valence-corrected chi connectivity index (χ2v) is 8.28. The van der Waals surface area contributed by atoms with Gasteiger partial charge in [-0.05, 0) is 24.8 Å². The van der Waals surface area contributed by atoms with Gasteiger partial charge in [0.1, 0.15) is 5.82 Å². The van der Waals surface area contributed by atoms with Crippen LogP contribution in [-0.2, 0) is 19.0 Å². The first-order valence-electron chi connectivity index (χ1n) is 9.29. The molecule has 1 aliphatic heterocycles. The van der Waals surface area contributed by atoms with Gasteiger partial charge in [-0.1, -0.05) is 20.8 Å². The SMILES string of the molecule is Cn1c(=O)cc(N2CCC(Cn3nc(C(C)(C)C)ccc3=O)CC2)[nH]c1=O. The van der Waals surface area contributed by atoms with Crippen LogP contribution in [0, 0.1) is 5.92 Å². The quantitative estimate of drug-likeness (QED) is 0.861. The molecule has 1 saturated heterocycles. The number of hydrogen-bond donors (Lipinski definition) is 1. The lowest BCUT2D eigenvalue weighted by atomic mass is 9.92. The van der Waals surface area contributed by atoms with E-state index >= 15 is 0 Å². The summed E-state index contributed by atoms with van der Waals surface area (Å²) in [6.07, 6.45) is 1.73. The molecule has 146 valence electrons. The zero-order valence-electron chi connectivity index (χ0n) is 16.4. The third kappa shape index (κ3) is 4.20. The van der Waals surface area contributed by atoms with E-state index in [1.165, 1.54) is 13.1 Å². The predicted molar refractivity (Wildman–Crippen MR) is 104 cm³/mol. The first-order chi connectivity index (χ1) is 12.6. The number of hydrogen-bond acceptors (Lipinski definition) is 5. The molecule has 2 aromatic rings. The van der Waals surface area contributed by atoms with Crippen molar-refractivity contribution in [3.63, 3.8) is 0 Å². The fraction of sp³-hybridized carbons (Fsp3) is 0.579. The number of nitrogens with one attached hydrogen (secondary N) is 1. The van der Waals surface area contributed by atoms with Crippen LogP contribution in [-0.4, -0.2) is 32.4 Å².